The zero-order chi connectivity index (χ0) is 11.0. The lowest BCUT2D eigenvalue weighted by atomic mass is 10.2. The van der Waals surface area contributed by atoms with Crippen LogP contribution in [0.3, 0.4) is 0 Å². The van der Waals surface area contributed by atoms with Crippen LogP contribution in [0.25, 0.3) is 5.69 Å². The second-order valence-electron chi connectivity index (χ2n) is 3.46. The maximum Gasteiger partial charge on any atom is 0.181 e. The number of imidazole rings is 1. The van der Waals surface area contributed by atoms with Crippen LogP contribution in [0.5, 0.6) is 11.5 Å². The molecule has 1 aromatic heterocycles. The van der Waals surface area contributed by atoms with Crippen LogP contribution in [0.4, 0.5) is 0 Å². The number of aromatic amines is 1. The normalized spacial score (nSPS) is 13.8. The summed E-state index contributed by atoms with van der Waals surface area (Å²) in [7, 11) is 0. The summed E-state index contributed by atoms with van der Waals surface area (Å²) < 4.78 is 13.5. The molecule has 0 saturated heterocycles. The number of hydrogen-bond acceptors (Lipinski definition) is 3. The van der Waals surface area contributed by atoms with Crippen LogP contribution in [0, 0.1) is 4.77 Å². The van der Waals surface area contributed by atoms with Crippen molar-refractivity contribution in [3.63, 3.8) is 0 Å². The first-order chi connectivity index (χ1) is 7.84. The number of benzene rings is 1. The molecule has 2 heterocycles. The minimum atomic E-state index is 0.592. The van der Waals surface area contributed by atoms with E-state index in [9.17, 15) is 0 Å². The molecule has 3 rings (SSSR count). The zero-order valence-electron chi connectivity index (χ0n) is 8.47. The number of H-pyrrole nitrogens is 1. The molecule has 2 aromatic rings. The molecule has 0 fully saturated rings. The second kappa shape index (κ2) is 3.68. The van der Waals surface area contributed by atoms with Gasteiger partial charge in [-0.3, -0.25) is 4.57 Å². The van der Waals surface area contributed by atoms with Gasteiger partial charge < -0.3 is 14.5 Å². The fourth-order valence-electron chi connectivity index (χ4n) is 1.71. The van der Waals surface area contributed by atoms with Gasteiger partial charge in [0.25, 0.3) is 0 Å². The fraction of sp³-hybridized carbons (Fsp3) is 0.182. The van der Waals surface area contributed by atoms with Gasteiger partial charge in [-0.05, 0) is 24.4 Å². The van der Waals surface area contributed by atoms with Crippen molar-refractivity contribution in [2.45, 2.75) is 0 Å². The minimum absolute atomic E-state index is 0.592. The third kappa shape index (κ3) is 1.49. The summed E-state index contributed by atoms with van der Waals surface area (Å²) in [6.07, 6.45) is 3.69. The lowest BCUT2D eigenvalue weighted by Gasteiger charge is -2.18. The van der Waals surface area contributed by atoms with E-state index in [4.69, 9.17) is 21.7 Å². The molecular weight excluding hydrogens is 224 g/mol. The Labute approximate surface area is 97.4 Å². The summed E-state index contributed by atoms with van der Waals surface area (Å²) in [6.45, 7) is 1.20. The van der Waals surface area contributed by atoms with Gasteiger partial charge in [0.05, 0.1) is 5.69 Å². The second-order valence-corrected chi connectivity index (χ2v) is 3.85. The van der Waals surface area contributed by atoms with Gasteiger partial charge in [0.15, 0.2) is 16.3 Å². The van der Waals surface area contributed by atoms with Crippen molar-refractivity contribution in [1.29, 1.82) is 0 Å². The highest BCUT2D eigenvalue weighted by atomic mass is 32.1. The summed E-state index contributed by atoms with van der Waals surface area (Å²) in [6, 6.07) is 5.79. The number of hydrogen-bond donors (Lipinski definition) is 1. The van der Waals surface area contributed by atoms with Gasteiger partial charge in [-0.1, -0.05) is 0 Å². The number of nitrogens with zero attached hydrogens (tertiary/aromatic N) is 1. The van der Waals surface area contributed by atoms with Crippen molar-refractivity contribution in [1.82, 2.24) is 9.55 Å². The number of ether oxygens (including phenoxy) is 2. The molecule has 82 valence electrons. The monoisotopic (exact) mass is 234 g/mol. The van der Waals surface area contributed by atoms with Crippen LogP contribution >= 0.6 is 12.2 Å². The Bertz CT molecular complexity index is 573. The summed E-state index contributed by atoms with van der Waals surface area (Å²) in [5.74, 6) is 1.56. The topological polar surface area (TPSA) is 39.2 Å². The average molecular weight is 234 g/mol. The van der Waals surface area contributed by atoms with Gasteiger partial charge in [0, 0.05) is 18.5 Å². The van der Waals surface area contributed by atoms with E-state index in [1.807, 2.05) is 29.0 Å². The number of aromatic nitrogens is 2. The summed E-state index contributed by atoms with van der Waals surface area (Å²) in [5, 5.41) is 0. The predicted octanol–water partition coefficient (Wildman–Crippen LogP) is 2.31. The van der Waals surface area contributed by atoms with Crippen LogP contribution < -0.4 is 9.47 Å². The van der Waals surface area contributed by atoms with E-state index in [-0.39, 0.29) is 0 Å². The highest BCUT2D eigenvalue weighted by Crippen LogP contribution is 2.31. The smallest absolute Gasteiger partial charge is 0.181 e. The third-order valence-electron chi connectivity index (χ3n) is 2.45. The number of fused-ring (bicyclic) bond motifs is 1. The highest BCUT2D eigenvalue weighted by Gasteiger charge is 2.12. The average Bonchev–Trinajstić information content (AvgIpc) is 2.75. The van der Waals surface area contributed by atoms with Gasteiger partial charge in [0.2, 0.25) is 0 Å². The summed E-state index contributed by atoms with van der Waals surface area (Å²) in [4.78, 5) is 2.95. The highest BCUT2D eigenvalue weighted by molar-refractivity contribution is 7.71. The van der Waals surface area contributed by atoms with E-state index in [0.717, 1.165) is 17.2 Å². The molecule has 0 unspecified atom stereocenters. The fourth-order valence-corrected chi connectivity index (χ4v) is 1.94. The molecule has 0 amide bonds. The molecule has 0 aliphatic carbocycles. The molecule has 0 radical (unpaired) electrons. The Morgan fingerprint density at radius 3 is 2.75 bits per heavy atom. The summed E-state index contributed by atoms with van der Waals surface area (Å²) in [5.41, 5.74) is 0.968. The van der Waals surface area contributed by atoms with E-state index < -0.39 is 0 Å². The maximum absolute atomic E-state index is 5.52. The molecular formula is C11H10N2O2S. The molecule has 16 heavy (non-hydrogen) atoms. The van der Waals surface area contributed by atoms with Crippen LogP contribution in [0.15, 0.2) is 30.6 Å². The molecule has 5 heteroatoms. The molecule has 1 aliphatic rings. The van der Waals surface area contributed by atoms with Gasteiger partial charge in [-0.2, -0.15) is 0 Å². The summed E-state index contributed by atoms with van der Waals surface area (Å²) >= 11 is 5.16. The van der Waals surface area contributed by atoms with E-state index in [1.54, 1.807) is 6.20 Å². The Morgan fingerprint density at radius 2 is 2.00 bits per heavy atom. The van der Waals surface area contributed by atoms with E-state index >= 15 is 0 Å². The Kier molecular flexibility index (Phi) is 2.18. The lowest BCUT2D eigenvalue weighted by Crippen LogP contribution is -2.15. The Hall–Kier alpha value is -1.75. The van der Waals surface area contributed by atoms with Gasteiger partial charge >= 0.3 is 0 Å². The largest absolute Gasteiger partial charge is 0.486 e. The van der Waals surface area contributed by atoms with Crippen LogP contribution in [0.1, 0.15) is 0 Å². The van der Waals surface area contributed by atoms with Gasteiger partial charge in [-0.15, -0.1) is 0 Å². The minimum Gasteiger partial charge on any atom is -0.486 e. The third-order valence-corrected chi connectivity index (χ3v) is 2.77. The van der Waals surface area contributed by atoms with Crippen molar-refractivity contribution in [2.75, 3.05) is 13.2 Å². The zero-order valence-corrected chi connectivity index (χ0v) is 9.29. The molecule has 4 nitrogen and oxygen atoms in total. The molecule has 1 aliphatic heterocycles. The molecule has 1 aromatic carbocycles. The van der Waals surface area contributed by atoms with Crippen LogP contribution in [-0.4, -0.2) is 22.8 Å². The molecule has 0 saturated carbocycles. The van der Waals surface area contributed by atoms with Crippen molar-refractivity contribution >= 4 is 12.2 Å². The molecule has 0 bridgehead atoms. The molecule has 1 N–H and O–H groups in total. The number of nitrogens with one attached hydrogen (secondary N) is 1. The Morgan fingerprint density at radius 1 is 1.19 bits per heavy atom. The first-order valence-corrected chi connectivity index (χ1v) is 5.41. The van der Waals surface area contributed by atoms with Gasteiger partial charge in [0.1, 0.15) is 13.2 Å². The SMILES string of the molecule is S=c1[nH]ccn1-c1ccc2c(c1)OCCO2. The van der Waals surface area contributed by atoms with E-state index in [0.29, 0.717) is 18.0 Å². The van der Waals surface area contributed by atoms with Crippen molar-refractivity contribution in [3.8, 4) is 17.2 Å². The van der Waals surface area contributed by atoms with Crippen molar-refractivity contribution in [3.05, 3.63) is 35.4 Å². The number of rotatable bonds is 1. The lowest BCUT2D eigenvalue weighted by molar-refractivity contribution is 0.171. The Balaban J connectivity index is 2.10. The van der Waals surface area contributed by atoms with Crippen LogP contribution in [-0.2, 0) is 0 Å². The quantitative estimate of drug-likeness (QED) is 0.769. The van der Waals surface area contributed by atoms with Gasteiger partial charge in [-0.25, -0.2) is 0 Å². The predicted molar refractivity (Wildman–Crippen MR) is 61.9 cm³/mol. The molecule has 0 spiro atoms. The van der Waals surface area contributed by atoms with Crippen LogP contribution in [0.2, 0.25) is 0 Å². The molecule has 0 atom stereocenters. The van der Waals surface area contributed by atoms with Crippen molar-refractivity contribution < 1.29 is 9.47 Å². The first-order valence-electron chi connectivity index (χ1n) is 5.01. The van der Waals surface area contributed by atoms with E-state index in [2.05, 4.69) is 4.98 Å². The maximum atomic E-state index is 5.52. The standard InChI is InChI=1S/C11H10N2O2S/c16-11-12-3-4-13(11)8-1-2-9-10(7-8)15-6-5-14-9/h1-4,7H,5-6H2,(H,12,16). The first kappa shape index (κ1) is 9.47. The van der Waals surface area contributed by atoms with Crippen molar-refractivity contribution in [2.24, 2.45) is 0 Å². The van der Waals surface area contributed by atoms with E-state index in [1.165, 1.54) is 0 Å².